The Bertz CT molecular complexity index is 655. The molecule has 0 atom stereocenters. The molecule has 0 aliphatic rings. The van der Waals surface area contributed by atoms with Gasteiger partial charge in [0.1, 0.15) is 0 Å². The first kappa shape index (κ1) is 15.6. The molecule has 0 saturated heterocycles. The van der Waals surface area contributed by atoms with Gasteiger partial charge in [-0.15, -0.1) is 0 Å². The molecule has 106 valence electrons. The van der Waals surface area contributed by atoms with Crippen molar-refractivity contribution in [3.8, 4) is 0 Å². The summed E-state index contributed by atoms with van der Waals surface area (Å²) in [5, 5.41) is 9.21. The van der Waals surface area contributed by atoms with Crippen LogP contribution in [0.25, 0.3) is 10.9 Å². The number of hydrogen-bond acceptors (Lipinski definition) is 3. The van der Waals surface area contributed by atoms with E-state index in [2.05, 4.69) is 0 Å². The summed E-state index contributed by atoms with van der Waals surface area (Å²) in [4.78, 5) is 33.4. The number of carboxylic acids is 1. The predicted molar refractivity (Wildman–Crippen MR) is 75.9 cm³/mol. The Kier molecular flexibility index (Phi) is 5.20. The minimum Gasteiger partial charge on any atom is -0.475 e. The number of para-hydroxylation sites is 1. The van der Waals surface area contributed by atoms with Crippen molar-refractivity contribution in [3.63, 3.8) is 0 Å². The Morgan fingerprint density at radius 2 is 1.75 bits per heavy atom. The minimum absolute atomic E-state index is 0.378. The highest BCUT2D eigenvalue weighted by molar-refractivity contribution is 6.37. The monoisotopic (exact) mass is 275 g/mol. The number of carbonyl (C=O) groups is 3. The number of nitrogens with zero attached hydrogens (tertiary/aromatic N) is 1. The summed E-state index contributed by atoms with van der Waals surface area (Å²) in [6, 6.07) is 7.26. The number of aromatic nitrogens is 1. The van der Waals surface area contributed by atoms with E-state index in [1.54, 1.807) is 29.9 Å². The zero-order valence-electron chi connectivity index (χ0n) is 11.7. The number of aliphatic carboxylic acids is 1. The molecule has 1 heterocycles. The third-order valence-electron chi connectivity index (χ3n) is 2.76. The lowest BCUT2D eigenvalue weighted by molar-refractivity contribution is -0.148. The topological polar surface area (TPSA) is 76.4 Å². The van der Waals surface area contributed by atoms with Gasteiger partial charge in [0.25, 0.3) is 0 Å². The smallest absolute Gasteiger partial charge is 0.372 e. The van der Waals surface area contributed by atoms with Crippen LogP contribution in [0.5, 0.6) is 0 Å². The summed E-state index contributed by atoms with van der Waals surface area (Å²) >= 11 is 0. The molecule has 0 radical (unpaired) electrons. The third-order valence-corrected chi connectivity index (χ3v) is 2.76. The van der Waals surface area contributed by atoms with Crippen molar-refractivity contribution >= 4 is 28.4 Å². The van der Waals surface area contributed by atoms with E-state index in [9.17, 15) is 14.4 Å². The molecule has 0 amide bonds. The lowest BCUT2D eigenvalue weighted by atomic mass is 10.1. The molecule has 1 N–H and O–H groups in total. The van der Waals surface area contributed by atoms with Gasteiger partial charge in [-0.05, 0) is 6.07 Å². The summed E-state index contributed by atoms with van der Waals surface area (Å²) in [5.41, 5.74) is 1.24. The van der Waals surface area contributed by atoms with Crippen molar-refractivity contribution in [1.82, 2.24) is 4.57 Å². The SMILES string of the molecule is CC.Cn1cc(C(=O)CC(=O)C(=O)O)c2ccccc21. The lowest BCUT2D eigenvalue weighted by Gasteiger charge is -1.96. The van der Waals surface area contributed by atoms with Crippen LogP contribution in [0.15, 0.2) is 30.5 Å². The molecule has 0 aliphatic heterocycles. The van der Waals surface area contributed by atoms with E-state index < -0.39 is 24.0 Å². The van der Waals surface area contributed by atoms with Gasteiger partial charge in [-0.3, -0.25) is 9.59 Å². The van der Waals surface area contributed by atoms with Crippen LogP contribution in [0, 0.1) is 0 Å². The fourth-order valence-electron chi connectivity index (χ4n) is 1.88. The highest BCUT2D eigenvalue weighted by Gasteiger charge is 2.20. The summed E-state index contributed by atoms with van der Waals surface area (Å²) in [6.07, 6.45) is 1.01. The molecule has 0 aliphatic carbocycles. The van der Waals surface area contributed by atoms with E-state index in [1.807, 2.05) is 26.0 Å². The fourth-order valence-corrected chi connectivity index (χ4v) is 1.88. The number of ketones is 2. The van der Waals surface area contributed by atoms with E-state index in [-0.39, 0.29) is 0 Å². The Hall–Kier alpha value is -2.43. The van der Waals surface area contributed by atoms with E-state index in [0.29, 0.717) is 5.56 Å². The minimum atomic E-state index is -1.58. The highest BCUT2D eigenvalue weighted by atomic mass is 16.4. The molecule has 5 nitrogen and oxygen atoms in total. The molecular formula is C15H17NO4. The second-order valence-electron chi connectivity index (χ2n) is 4.00. The third kappa shape index (κ3) is 3.12. The second kappa shape index (κ2) is 6.65. The molecule has 1 aromatic carbocycles. The van der Waals surface area contributed by atoms with E-state index >= 15 is 0 Å². The van der Waals surface area contributed by atoms with Crippen molar-refractivity contribution in [2.24, 2.45) is 7.05 Å². The first-order valence-corrected chi connectivity index (χ1v) is 6.34. The molecule has 1 aromatic heterocycles. The van der Waals surface area contributed by atoms with Gasteiger partial charge in [-0.25, -0.2) is 4.79 Å². The predicted octanol–water partition coefficient (Wildman–Crippen LogP) is 2.43. The van der Waals surface area contributed by atoms with E-state index in [0.717, 1.165) is 10.9 Å². The molecule has 5 heteroatoms. The Labute approximate surface area is 116 Å². The zero-order chi connectivity index (χ0) is 15.3. The van der Waals surface area contributed by atoms with Gasteiger partial charge in [0.15, 0.2) is 5.78 Å². The maximum Gasteiger partial charge on any atom is 0.372 e. The van der Waals surface area contributed by atoms with Crippen LogP contribution in [0.1, 0.15) is 30.6 Å². The summed E-state index contributed by atoms with van der Waals surface area (Å²) < 4.78 is 1.77. The Morgan fingerprint density at radius 3 is 2.35 bits per heavy atom. The Morgan fingerprint density at radius 1 is 1.15 bits per heavy atom. The molecule has 0 bridgehead atoms. The van der Waals surface area contributed by atoms with Crippen LogP contribution in [-0.2, 0) is 16.6 Å². The number of Topliss-reactive ketones (excluding diaryl/α,β-unsaturated/α-hetero) is 2. The second-order valence-corrected chi connectivity index (χ2v) is 4.00. The number of aryl methyl sites for hydroxylation is 1. The molecule has 20 heavy (non-hydrogen) atoms. The summed E-state index contributed by atoms with van der Waals surface area (Å²) in [5.74, 6) is -3.14. The van der Waals surface area contributed by atoms with Gasteiger partial charge in [0, 0.05) is 29.7 Å². The van der Waals surface area contributed by atoms with Gasteiger partial charge >= 0.3 is 5.97 Å². The van der Waals surface area contributed by atoms with Gasteiger partial charge in [-0.2, -0.15) is 0 Å². The molecule has 0 unspecified atom stereocenters. The zero-order valence-corrected chi connectivity index (χ0v) is 11.7. The maximum atomic E-state index is 11.9. The standard InChI is InChI=1S/C13H11NO4.C2H6/c1-14-7-9(8-4-2-3-5-10(8)14)11(15)6-12(16)13(17)18;1-2/h2-5,7H,6H2,1H3,(H,17,18);1-2H3. The fraction of sp³-hybridized carbons (Fsp3) is 0.267. The van der Waals surface area contributed by atoms with Crippen LogP contribution in [0.4, 0.5) is 0 Å². The molecule has 2 aromatic rings. The Balaban J connectivity index is 0.000000956. The molecule has 0 fully saturated rings. The van der Waals surface area contributed by atoms with Crippen LogP contribution in [0.3, 0.4) is 0 Å². The first-order chi connectivity index (χ1) is 9.50. The van der Waals surface area contributed by atoms with Crippen molar-refractivity contribution in [3.05, 3.63) is 36.0 Å². The normalized spacial score (nSPS) is 9.75. The van der Waals surface area contributed by atoms with Crippen LogP contribution < -0.4 is 0 Å². The van der Waals surface area contributed by atoms with E-state index in [1.165, 1.54) is 0 Å². The van der Waals surface area contributed by atoms with Crippen LogP contribution in [0.2, 0.25) is 0 Å². The van der Waals surface area contributed by atoms with Crippen molar-refractivity contribution in [2.75, 3.05) is 0 Å². The van der Waals surface area contributed by atoms with Gasteiger partial charge in [-0.1, -0.05) is 32.0 Å². The number of carbonyl (C=O) groups excluding carboxylic acids is 2. The van der Waals surface area contributed by atoms with Crippen molar-refractivity contribution < 1.29 is 19.5 Å². The number of benzene rings is 1. The van der Waals surface area contributed by atoms with Crippen LogP contribution >= 0.6 is 0 Å². The number of carboxylic acid groups (broad SMARTS) is 1. The van der Waals surface area contributed by atoms with Crippen molar-refractivity contribution in [1.29, 1.82) is 0 Å². The molecule has 0 saturated carbocycles. The quantitative estimate of drug-likeness (QED) is 0.528. The molecular weight excluding hydrogens is 258 g/mol. The molecule has 0 spiro atoms. The van der Waals surface area contributed by atoms with Crippen molar-refractivity contribution in [2.45, 2.75) is 20.3 Å². The summed E-state index contributed by atoms with van der Waals surface area (Å²) in [6.45, 7) is 4.00. The number of rotatable bonds is 4. The molecule has 2 rings (SSSR count). The lowest BCUT2D eigenvalue weighted by Crippen LogP contribution is -2.17. The highest BCUT2D eigenvalue weighted by Crippen LogP contribution is 2.21. The van der Waals surface area contributed by atoms with Gasteiger partial charge in [0.2, 0.25) is 5.78 Å². The van der Waals surface area contributed by atoms with Gasteiger partial charge in [0.05, 0.1) is 6.42 Å². The number of fused-ring (bicyclic) bond motifs is 1. The largest absolute Gasteiger partial charge is 0.475 e. The van der Waals surface area contributed by atoms with E-state index in [4.69, 9.17) is 5.11 Å². The van der Waals surface area contributed by atoms with Gasteiger partial charge < -0.3 is 9.67 Å². The van der Waals surface area contributed by atoms with Crippen LogP contribution in [-0.4, -0.2) is 27.2 Å². The average molecular weight is 275 g/mol. The number of hydrogen-bond donors (Lipinski definition) is 1. The summed E-state index contributed by atoms with van der Waals surface area (Å²) in [7, 11) is 1.79. The first-order valence-electron chi connectivity index (χ1n) is 6.34. The average Bonchev–Trinajstić information content (AvgIpc) is 2.79. The maximum absolute atomic E-state index is 11.9.